The quantitative estimate of drug-likeness (QED) is 0.901. The molecule has 102 valence electrons. The zero-order valence-electron chi connectivity index (χ0n) is 11.9. The maximum absolute atomic E-state index is 9.12. The minimum absolute atomic E-state index is 0.753. The van der Waals surface area contributed by atoms with Crippen molar-refractivity contribution in [1.82, 2.24) is 4.90 Å². The number of likely N-dealkylation sites (tertiary alicyclic amines) is 1. The Bertz CT molecular complexity index is 454. The Balaban J connectivity index is 1.85. The van der Waals surface area contributed by atoms with E-state index in [1.165, 1.54) is 32.4 Å². The van der Waals surface area contributed by atoms with Gasteiger partial charge in [-0.05, 0) is 63.9 Å². The third-order valence-corrected chi connectivity index (χ3v) is 4.09. The Kier molecular flexibility index (Phi) is 4.81. The first-order valence-corrected chi connectivity index (χ1v) is 7.13. The predicted molar refractivity (Wildman–Crippen MR) is 79.2 cm³/mol. The van der Waals surface area contributed by atoms with Crippen LogP contribution in [-0.4, -0.2) is 31.6 Å². The zero-order chi connectivity index (χ0) is 13.7. The van der Waals surface area contributed by atoms with Crippen LogP contribution < -0.4 is 5.32 Å². The fourth-order valence-electron chi connectivity index (χ4n) is 2.75. The highest BCUT2D eigenvalue weighted by molar-refractivity contribution is 5.62. The highest BCUT2D eigenvalue weighted by Crippen LogP contribution is 2.22. The molecule has 0 amide bonds. The molecule has 1 fully saturated rings. The van der Waals surface area contributed by atoms with Gasteiger partial charge in [0.05, 0.1) is 11.3 Å². The summed E-state index contributed by atoms with van der Waals surface area (Å²) in [6.45, 7) is 5.46. The van der Waals surface area contributed by atoms with Gasteiger partial charge in [-0.15, -0.1) is 0 Å². The maximum Gasteiger partial charge on any atom is 0.101 e. The van der Waals surface area contributed by atoms with Crippen LogP contribution in [-0.2, 0) is 0 Å². The van der Waals surface area contributed by atoms with Gasteiger partial charge in [-0.25, -0.2) is 0 Å². The van der Waals surface area contributed by atoms with Gasteiger partial charge in [0.25, 0.3) is 0 Å². The third-order valence-electron chi connectivity index (χ3n) is 4.09. The third kappa shape index (κ3) is 3.71. The fourth-order valence-corrected chi connectivity index (χ4v) is 2.75. The summed E-state index contributed by atoms with van der Waals surface area (Å²) < 4.78 is 0. The second kappa shape index (κ2) is 6.58. The van der Waals surface area contributed by atoms with Crippen LogP contribution >= 0.6 is 0 Å². The van der Waals surface area contributed by atoms with E-state index in [2.05, 4.69) is 36.3 Å². The molecular formula is C16H23N3. The molecule has 1 heterocycles. The highest BCUT2D eigenvalue weighted by Gasteiger charge is 2.16. The number of nitrogens with zero attached hydrogens (tertiary/aromatic N) is 2. The Morgan fingerprint density at radius 1 is 1.37 bits per heavy atom. The van der Waals surface area contributed by atoms with Crippen LogP contribution in [0.3, 0.4) is 0 Å². The maximum atomic E-state index is 9.12. The first kappa shape index (κ1) is 13.9. The number of benzene rings is 1. The van der Waals surface area contributed by atoms with Crippen LogP contribution in [0.4, 0.5) is 5.69 Å². The van der Waals surface area contributed by atoms with Crippen molar-refractivity contribution < 1.29 is 0 Å². The Labute approximate surface area is 116 Å². The van der Waals surface area contributed by atoms with Crippen LogP contribution in [0, 0.1) is 24.2 Å². The van der Waals surface area contributed by atoms with E-state index < -0.39 is 0 Å². The summed E-state index contributed by atoms with van der Waals surface area (Å²) in [5, 5.41) is 12.6. The first-order chi connectivity index (χ1) is 9.20. The lowest BCUT2D eigenvalue weighted by molar-refractivity contribution is 0.215. The van der Waals surface area contributed by atoms with E-state index >= 15 is 0 Å². The molecule has 2 rings (SSSR count). The number of piperidine rings is 1. The topological polar surface area (TPSA) is 39.1 Å². The molecule has 1 N–H and O–H groups in total. The molecule has 1 aromatic carbocycles. The van der Waals surface area contributed by atoms with Crippen molar-refractivity contribution in [2.45, 2.75) is 26.2 Å². The Morgan fingerprint density at radius 3 is 2.79 bits per heavy atom. The lowest BCUT2D eigenvalue weighted by Gasteiger charge is -2.29. The van der Waals surface area contributed by atoms with Crippen molar-refractivity contribution >= 4 is 5.69 Å². The second-order valence-electron chi connectivity index (χ2n) is 5.57. The number of nitrogens with one attached hydrogen (secondary N) is 1. The molecule has 19 heavy (non-hydrogen) atoms. The Morgan fingerprint density at radius 2 is 2.11 bits per heavy atom. The van der Waals surface area contributed by atoms with Gasteiger partial charge in [0.1, 0.15) is 6.07 Å². The summed E-state index contributed by atoms with van der Waals surface area (Å²) in [4.78, 5) is 2.40. The van der Waals surface area contributed by atoms with Crippen molar-refractivity contribution in [3.63, 3.8) is 0 Å². The van der Waals surface area contributed by atoms with E-state index in [-0.39, 0.29) is 0 Å². The van der Waals surface area contributed by atoms with Gasteiger partial charge >= 0.3 is 0 Å². The van der Waals surface area contributed by atoms with Gasteiger partial charge in [0.15, 0.2) is 0 Å². The highest BCUT2D eigenvalue weighted by atomic mass is 15.1. The zero-order valence-corrected chi connectivity index (χ0v) is 11.9. The SMILES string of the molecule is Cc1cccc(C#N)c1NCCC1CCN(C)CC1. The van der Waals surface area contributed by atoms with Gasteiger partial charge in [-0.3, -0.25) is 0 Å². The van der Waals surface area contributed by atoms with Crippen LogP contribution in [0.15, 0.2) is 18.2 Å². The average molecular weight is 257 g/mol. The molecule has 0 radical (unpaired) electrons. The van der Waals surface area contributed by atoms with Gasteiger partial charge in [-0.1, -0.05) is 12.1 Å². The molecule has 1 aliphatic rings. The number of rotatable bonds is 4. The van der Waals surface area contributed by atoms with E-state index in [0.717, 1.165) is 29.3 Å². The second-order valence-corrected chi connectivity index (χ2v) is 5.57. The molecule has 0 aromatic heterocycles. The molecule has 0 bridgehead atoms. The molecule has 0 unspecified atom stereocenters. The van der Waals surface area contributed by atoms with Crippen molar-refractivity contribution in [3.05, 3.63) is 29.3 Å². The standard InChI is InChI=1S/C16H23N3/c1-13-4-3-5-15(12-17)16(13)18-9-6-14-7-10-19(2)11-8-14/h3-5,14,18H,6-11H2,1-2H3. The van der Waals surface area contributed by atoms with Gasteiger partial charge in [-0.2, -0.15) is 5.26 Å². The molecule has 3 nitrogen and oxygen atoms in total. The van der Waals surface area contributed by atoms with E-state index in [0.29, 0.717) is 0 Å². The lowest BCUT2D eigenvalue weighted by atomic mass is 9.94. The summed E-state index contributed by atoms with van der Waals surface area (Å²) in [6.07, 6.45) is 3.81. The molecule has 1 aromatic rings. The molecule has 0 aliphatic carbocycles. The van der Waals surface area contributed by atoms with Gasteiger partial charge in [0.2, 0.25) is 0 Å². The number of hydrogen-bond acceptors (Lipinski definition) is 3. The summed E-state index contributed by atoms with van der Waals surface area (Å²) in [5.74, 6) is 0.832. The lowest BCUT2D eigenvalue weighted by Crippen LogP contribution is -2.30. The van der Waals surface area contributed by atoms with Gasteiger partial charge < -0.3 is 10.2 Å². The summed E-state index contributed by atoms with van der Waals surface area (Å²) in [7, 11) is 2.20. The van der Waals surface area contributed by atoms with E-state index in [1.54, 1.807) is 0 Å². The van der Waals surface area contributed by atoms with Crippen molar-refractivity contribution in [2.75, 3.05) is 32.0 Å². The van der Waals surface area contributed by atoms with Gasteiger partial charge in [0, 0.05) is 6.54 Å². The van der Waals surface area contributed by atoms with E-state index in [9.17, 15) is 0 Å². The molecule has 0 atom stereocenters. The summed E-state index contributed by atoms with van der Waals surface area (Å²) in [5.41, 5.74) is 2.92. The number of nitriles is 1. The van der Waals surface area contributed by atoms with E-state index in [4.69, 9.17) is 5.26 Å². The Hall–Kier alpha value is -1.53. The van der Waals surface area contributed by atoms with Crippen LogP contribution in [0.25, 0.3) is 0 Å². The smallest absolute Gasteiger partial charge is 0.101 e. The van der Waals surface area contributed by atoms with E-state index in [1.807, 2.05) is 12.1 Å². The van der Waals surface area contributed by atoms with Crippen molar-refractivity contribution in [1.29, 1.82) is 5.26 Å². The summed E-state index contributed by atoms with van der Waals surface area (Å²) in [6, 6.07) is 8.14. The normalized spacial score (nSPS) is 17.1. The molecule has 0 spiro atoms. The molecule has 3 heteroatoms. The first-order valence-electron chi connectivity index (χ1n) is 7.13. The number of aryl methyl sites for hydroxylation is 1. The summed E-state index contributed by atoms with van der Waals surface area (Å²) >= 11 is 0. The monoisotopic (exact) mass is 257 g/mol. The molecule has 0 saturated carbocycles. The fraction of sp³-hybridized carbons (Fsp3) is 0.562. The van der Waals surface area contributed by atoms with Crippen molar-refractivity contribution in [2.24, 2.45) is 5.92 Å². The van der Waals surface area contributed by atoms with Crippen LogP contribution in [0.1, 0.15) is 30.4 Å². The predicted octanol–water partition coefficient (Wildman–Crippen LogP) is 3.01. The molecule has 1 aliphatic heterocycles. The van der Waals surface area contributed by atoms with Crippen LogP contribution in [0.5, 0.6) is 0 Å². The minimum Gasteiger partial charge on any atom is -0.384 e. The number of anilines is 1. The number of para-hydroxylation sites is 1. The van der Waals surface area contributed by atoms with Crippen LogP contribution in [0.2, 0.25) is 0 Å². The average Bonchev–Trinajstić information content (AvgIpc) is 2.42. The molecule has 1 saturated heterocycles. The minimum atomic E-state index is 0.753. The van der Waals surface area contributed by atoms with Crippen molar-refractivity contribution in [3.8, 4) is 6.07 Å². The molecular weight excluding hydrogens is 234 g/mol. The largest absolute Gasteiger partial charge is 0.384 e. The number of hydrogen-bond donors (Lipinski definition) is 1.